The van der Waals surface area contributed by atoms with Crippen molar-refractivity contribution in [1.29, 1.82) is 0 Å². The molecular weight excluding hydrogens is 536 g/mol. The van der Waals surface area contributed by atoms with E-state index in [1.54, 1.807) is 36.4 Å². The molecule has 2 atom stereocenters. The molecule has 1 aliphatic rings. The first-order chi connectivity index (χ1) is 17.3. The van der Waals surface area contributed by atoms with Crippen LogP contribution in [0, 0.1) is 6.92 Å². The lowest BCUT2D eigenvalue weighted by Gasteiger charge is -2.12. The predicted molar refractivity (Wildman–Crippen MR) is 148 cm³/mol. The number of amidine groups is 1. The molecule has 0 radical (unpaired) electrons. The smallest absolute Gasteiger partial charge is 0.283 e. The van der Waals surface area contributed by atoms with Gasteiger partial charge < -0.3 is 4.90 Å². The number of benzene rings is 3. The fourth-order valence-electron chi connectivity index (χ4n) is 4.46. The van der Waals surface area contributed by atoms with Crippen LogP contribution < -0.4 is 0 Å². The van der Waals surface area contributed by atoms with Crippen LogP contribution >= 0.6 is 15.9 Å². The van der Waals surface area contributed by atoms with Crippen molar-refractivity contribution in [2.75, 3.05) is 0 Å². The highest BCUT2D eigenvalue weighted by Gasteiger charge is 2.55. The number of carbonyl (C=O) groups excluding carboxylic acids is 1. The zero-order valence-corrected chi connectivity index (χ0v) is 23.0. The first kappa shape index (κ1) is 26.3. The zero-order valence-electron chi connectivity index (χ0n) is 20.6. The molecule has 188 valence electrons. The second kappa shape index (κ2) is 11.5. The summed E-state index contributed by atoms with van der Waals surface area (Å²) in [4.78, 5) is 15.7. The number of halogens is 1. The van der Waals surface area contributed by atoms with Crippen LogP contribution in [-0.2, 0) is 10.0 Å². The van der Waals surface area contributed by atoms with Gasteiger partial charge in [0.25, 0.3) is 10.0 Å². The molecule has 1 aliphatic heterocycles. The maximum absolute atomic E-state index is 13.6. The number of aryl methyl sites for hydroxylation is 1. The summed E-state index contributed by atoms with van der Waals surface area (Å²) >= 11 is 3.63. The third-order valence-electron chi connectivity index (χ3n) is 6.46. The number of Topliss-reactive ketones (excluding diaryl/α,β-unsaturated/α-hetero) is 1. The van der Waals surface area contributed by atoms with Crippen LogP contribution in [0.25, 0.3) is 0 Å². The van der Waals surface area contributed by atoms with Crippen molar-refractivity contribution in [3.05, 3.63) is 100 Å². The van der Waals surface area contributed by atoms with E-state index in [2.05, 4.69) is 27.3 Å². The summed E-state index contributed by atoms with van der Waals surface area (Å²) in [6.07, 6.45) is 4.42. The summed E-state index contributed by atoms with van der Waals surface area (Å²) in [7, 11) is -3.93. The summed E-state index contributed by atoms with van der Waals surface area (Å²) in [6, 6.07) is 22.9. The Labute approximate surface area is 222 Å². The predicted octanol–water partition coefficient (Wildman–Crippen LogP) is 7.12. The van der Waals surface area contributed by atoms with Gasteiger partial charge in [-0.25, -0.2) is 0 Å². The molecule has 0 spiro atoms. The zero-order chi connectivity index (χ0) is 25.7. The summed E-state index contributed by atoms with van der Waals surface area (Å²) in [5, 5.41) is 0. The number of hydrogen-bond donors (Lipinski definition) is 0. The van der Waals surface area contributed by atoms with Gasteiger partial charge in [-0.2, -0.15) is 8.42 Å². The Hall–Kier alpha value is -2.77. The Morgan fingerprint density at radius 3 is 2.25 bits per heavy atom. The minimum absolute atomic E-state index is 0.0367. The maximum atomic E-state index is 13.6. The Morgan fingerprint density at radius 2 is 1.58 bits per heavy atom. The molecule has 0 unspecified atom stereocenters. The average molecular weight is 568 g/mol. The van der Waals surface area contributed by atoms with Crippen molar-refractivity contribution < 1.29 is 13.2 Å². The van der Waals surface area contributed by atoms with E-state index in [-0.39, 0.29) is 16.7 Å². The monoisotopic (exact) mass is 566 g/mol. The molecule has 7 heteroatoms. The van der Waals surface area contributed by atoms with Crippen molar-refractivity contribution in [3.8, 4) is 0 Å². The van der Waals surface area contributed by atoms with Crippen molar-refractivity contribution in [3.63, 3.8) is 0 Å². The molecule has 36 heavy (non-hydrogen) atoms. The minimum Gasteiger partial charge on any atom is -0.337 e. The Bertz CT molecular complexity index is 1340. The molecule has 1 fully saturated rings. The van der Waals surface area contributed by atoms with Crippen molar-refractivity contribution >= 4 is 37.6 Å². The van der Waals surface area contributed by atoms with Gasteiger partial charge in [0.1, 0.15) is 11.9 Å². The molecule has 0 bridgehead atoms. The number of unbranched alkanes of at least 4 members (excludes halogenated alkanes) is 3. The second-order valence-corrected chi connectivity index (χ2v) is 11.6. The van der Waals surface area contributed by atoms with E-state index in [0.29, 0.717) is 17.8 Å². The molecule has 0 amide bonds. The molecule has 4 rings (SSSR count). The fraction of sp³-hybridized carbons (Fsp3) is 0.310. The molecule has 1 saturated heterocycles. The molecule has 0 aliphatic carbocycles. The lowest BCUT2D eigenvalue weighted by molar-refractivity contribution is 0.0980. The van der Waals surface area contributed by atoms with Crippen LogP contribution in [0.1, 0.15) is 66.6 Å². The van der Waals surface area contributed by atoms with Crippen LogP contribution in [0.2, 0.25) is 0 Å². The molecule has 0 N–H and O–H groups in total. The third kappa shape index (κ3) is 5.95. The van der Waals surface area contributed by atoms with E-state index in [1.165, 1.54) is 0 Å². The Kier molecular flexibility index (Phi) is 8.42. The van der Waals surface area contributed by atoms with Gasteiger partial charge in [-0.3, -0.25) is 4.79 Å². The molecular formula is C29H31BrN2O3S. The largest absolute Gasteiger partial charge is 0.337 e. The van der Waals surface area contributed by atoms with Gasteiger partial charge in [0, 0.05) is 16.5 Å². The van der Waals surface area contributed by atoms with Crippen molar-refractivity contribution in [2.45, 2.75) is 62.9 Å². The highest BCUT2D eigenvalue weighted by Crippen LogP contribution is 2.48. The van der Waals surface area contributed by atoms with Gasteiger partial charge in [-0.15, -0.1) is 4.40 Å². The lowest BCUT2D eigenvalue weighted by Crippen LogP contribution is -2.21. The number of carbonyl (C=O) groups is 1. The molecule has 3 aromatic rings. The molecule has 1 heterocycles. The first-order valence-electron chi connectivity index (χ1n) is 12.4. The number of nitrogens with zero attached hydrogens (tertiary/aromatic N) is 2. The summed E-state index contributed by atoms with van der Waals surface area (Å²) in [5.41, 5.74) is 2.53. The Morgan fingerprint density at radius 1 is 0.917 bits per heavy atom. The highest BCUT2D eigenvalue weighted by atomic mass is 79.9. The van der Waals surface area contributed by atoms with Crippen LogP contribution in [0.15, 0.2) is 92.6 Å². The lowest BCUT2D eigenvalue weighted by atomic mass is 10.0. The van der Waals surface area contributed by atoms with Crippen LogP contribution in [0.5, 0.6) is 0 Å². The van der Waals surface area contributed by atoms with E-state index in [1.807, 2.05) is 54.3 Å². The first-order valence-corrected chi connectivity index (χ1v) is 14.6. The number of hydrogen-bond acceptors (Lipinski definition) is 3. The summed E-state index contributed by atoms with van der Waals surface area (Å²) in [5.74, 6) is 0.409. The number of ketones is 1. The van der Waals surface area contributed by atoms with Gasteiger partial charge in [-0.1, -0.05) is 108 Å². The van der Waals surface area contributed by atoms with Gasteiger partial charge in [0.2, 0.25) is 0 Å². The SMILES string of the molecule is CCCCCC/C(=N/S(=O)(=O)c1ccc(C)cc1)N1[C@H](C(=O)c2ccccc2)[C@H]1c1ccccc1Br. The van der Waals surface area contributed by atoms with Crippen LogP contribution in [0.3, 0.4) is 0 Å². The number of rotatable bonds is 10. The highest BCUT2D eigenvalue weighted by molar-refractivity contribution is 9.10. The number of sulfonamides is 1. The van der Waals surface area contributed by atoms with Gasteiger partial charge in [-0.05, 0) is 37.1 Å². The molecule has 5 nitrogen and oxygen atoms in total. The molecule has 0 aromatic heterocycles. The van der Waals surface area contributed by atoms with E-state index in [9.17, 15) is 13.2 Å². The topological polar surface area (TPSA) is 66.6 Å². The van der Waals surface area contributed by atoms with Crippen molar-refractivity contribution in [2.24, 2.45) is 4.40 Å². The van der Waals surface area contributed by atoms with E-state index in [0.717, 1.165) is 41.3 Å². The summed E-state index contributed by atoms with van der Waals surface area (Å²) in [6.45, 7) is 4.05. The quantitative estimate of drug-likeness (QED) is 0.0860. The van der Waals surface area contributed by atoms with Crippen LogP contribution in [0.4, 0.5) is 0 Å². The van der Waals surface area contributed by atoms with E-state index in [4.69, 9.17) is 0 Å². The van der Waals surface area contributed by atoms with Crippen molar-refractivity contribution in [1.82, 2.24) is 4.90 Å². The second-order valence-electron chi connectivity index (χ2n) is 9.16. The normalized spacial score (nSPS) is 17.8. The fourth-order valence-corrected chi connectivity index (χ4v) is 6.03. The minimum atomic E-state index is -3.93. The average Bonchev–Trinajstić information content (AvgIpc) is 3.61. The van der Waals surface area contributed by atoms with E-state index >= 15 is 0 Å². The molecule has 3 aromatic carbocycles. The molecule has 0 saturated carbocycles. The Balaban J connectivity index is 1.75. The van der Waals surface area contributed by atoms with Gasteiger partial charge >= 0.3 is 0 Å². The third-order valence-corrected chi connectivity index (χ3v) is 8.50. The van der Waals surface area contributed by atoms with Crippen LogP contribution in [-0.4, -0.2) is 31.0 Å². The van der Waals surface area contributed by atoms with Gasteiger partial charge in [0.05, 0.1) is 10.9 Å². The summed E-state index contributed by atoms with van der Waals surface area (Å²) < 4.78 is 31.9. The maximum Gasteiger partial charge on any atom is 0.283 e. The van der Waals surface area contributed by atoms with E-state index < -0.39 is 16.1 Å². The standard InChI is InChI=1S/C29H31BrN2O3S/c1-3-4-5-9-16-26(31-36(34,35)23-19-17-21(2)18-20-23)32-27(24-14-10-11-15-25(24)30)28(32)29(33)22-12-7-6-8-13-22/h6-8,10-15,17-20,27-28H,3-5,9,16H2,1-2H3/b31-26-/t27-,28+,32?/m1/s1. The van der Waals surface area contributed by atoms with Gasteiger partial charge in [0.15, 0.2) is 5.78 Å².